The highest BCUT2D eigenvalue weighted by molar-refractivity contribution is 5.87. The Balaban J connectivity index is 0.00000312. The van der Waals surface area contributed by atoms with Crippen LogP contribution in [0.25, 0.3) is 0 Å². The number of nitrogens with one attached hydrogen (secondary N) is 2. The number of piperidine rings is 1. The molecule has 1 heterocycles. The molecule has 1 saturated carbocycles. The van der Waals surface area contributed by atoms with E-state index in [-0.39, 0.29) is 42.7 Å². The largest absolute Gasteiger partial charge is 0.352 e. The summed E-state index contributed by atoms with van der Waals surface area (Å²) in [4.78, 5) is 26.3. The molecule has 25 heavy (non-hydrogen) atoms. The van der Waals surface area contributed by atoms with Crippen molar-refractivity contribution in [3.8, 4) is 0 Å². The van der Waals surface area contributed by atoms with Crippen LogP contribution in [0, 0.1) is 11.8 Å². The molecule has 7 heteroatoms. The van der Waals surface area contributed by atoms with Gasteiger partial charge in [-0.25, -0.2) is 0 Å². The molecule has 0 bridgehead atoms. The maximum Gasteiger partial charge on any atom is 0.239 e. The van der Waals surface area contributed by atoms with E-state index < -0.39 is 6.04 Å². The third-order valence-corrected chi connectivity index (χ3v) is 5.39. The maximum absolute atomic E-state index is 12.0. The lowest BCUT2D eigenvalue weighted by molar-refractivity contribution is -0.127. The number of amides is 2. The van der Waals surface area contributed by atoms with Crippen LogP contribution in [-0.4, -0.2) is 55.0 Å². The predicted molar refractivity (Wildman–Crippen MR) is 103 cm³/mol. The van der Waals surface area contributed by atoms with Crippen LogP contribution >= 0.6 is 12.4 Å². The van der Waals surface area contributed by atoms with Gasteiger partial charge in [-0.2, -0.15) is 0 Å². The molecule has 0 spiro atoms. The van der Waals surface area contributed by atoms with Crippen LogP contribution in [0.3, 0.4) is 0 Å². The number of hydrogen-bond donors (Lipinski definition) is 3. The van der Waals surface area contributed by atoms with Crippen molar-refractivity contribution in [2.75, 3.05) is 26.2 Å². The Labute approximate surface area is 158 Å². The normalized spacial score (nSPS) is 21.0. The van der Waals surface area contributed by atoms with E-state index in [9.17, 15) is 9.59 Å². The van der Waals surface area contributed by atoms with Gasteiger partial charge in [0.25, 0.3) is 0 Å². The summed E-state index contributed by atoms with van der Waals surface area (Å²) in [6.45, 7) is 7.15. The lowest BCUT2D eigenvalue weighted by atomic mass is 10.0. The van der Waals surface area contributed by atoms with E-state index >= 15 is 0 Å². The summed E-state index contributed by atoms with van der Waals surface area (Å²) < 4.78 is 0. The lowest BCUT2D eigenvalue weighted by Crippen LogP contribution is -2.50. The molecule has 2 rings (SSSR count). The first-order chi connectivity index (χ1) is 11.5. The van der Waals surface area contributed by atoms with Gasteiger partial charge in [-0.05, 0) is 37.5 Å². The van der Waals surface area contributed by atoms with Gasteiger partial charge in [0.15, 0.2) is 0 Å². The fraction of sp³-hybridized carbons (Fsp3) is 0.889. The Morgan fingerprint density at radius 3 is 2.28 bits per heavy atom. The summed E-state index contributed by atoms with van der Waals surface area (Å²) in [5, 5.41) is 5.66. The number of rotatable bonds is 7. The molecule has 0 unspecified atom stereocenters. The Morgan fingerprint density at radius 2 is 1.72 bits per heavy atom. The minimum Gasteiger partial charge on any atom is -0.352 e. The first-order valence-corrected chi connectivity index (χ1v) is 9.50. The van der Waals surface area contributed by atoms with Gasteiger partial charge in [-0.1, -0.05) is 26.7 Å². The molecule has 1 atom stereocenters. The second kappa shape index (κ2) is 11.0. The number of nitrogens with zero attached hydrogens (tertiary/aromatic N) is 1. The van der Waals surface area contributed by atoms with Crippen molar-refractivity contribution in [2.24, 2.45) is 17.6 Å². The van der Waals surface area contributed by atoms with Crippen molar-refractivity contribution in [1.29, 1.82) is 0 Å². The van der Waals surface area contributed by atoms with Crippen LogP contribution in [-0.2, 0) is 9.59 Å². The summed E-state index contributed by atoms with van der Waals surface area (Å²) in [5.74, 6) is 0.578. The van der Waals surface area contributed by atoms with Crippen LogP contribution in [0.4, 0.5) is 0 Å². The van der Waals surface area contributed by atoms with Crippen molar-refractivity contribution < 1.29 is 9.59 Å². The fourth-order valence-corrected chi connectivity index (χ4v) is 3.68. The Hall–Kier alpha value is -0.850. The molecule has 2 aliphatic rings. The number of hydrogen-bond acceptors (Lipinski definition) is 4. The highest BCUT2D eigenvalue weighted by Crippen LogP contribution is 2.26. The van der Waals surface area contributed by atoms with Gasteiger partial charge in [-0.3, -0.25) is 9.59 Å². The van der Waals surface area contributed by atoms with Gasteiger partial charge < -0.3 is 21.3 Å². The molecule has 6 nitrogen and oxygen atoms in total. The summed E-state index contributed by atoms with van der Waals surface area (Å²) in [6.07, 6.45) is 7.55. The van der Waals surface area contributed by atoms with Gasteiger partial charge >= 0.3 is 0 Å². The van der Waals surface area contributed by atoms with Crippen LogP contribution in [0.15, 0.2) is 0 Å². The Morgan fingerprint density at radius 1 is 1.12 bits per heavy atom. The van der Waals surface area contributed by atoms with Gasteiger partial charge in [-0.15, -0.1) is 12.4 Å². The van der Waals surface area contributed by atoms with E-state index in [4.69, 9.17) is 5.73 Å². The van der Waals surface area contributed by atoms with Crippen LogP contribution < -0.4 is 16.4 Å². The Kier molecular flexibility index (Phi) is 9.75. The van der Waals surface area contributed by atoms with Crippen LogP contribution in [0.2, 0.25) is 0 Å². The molecule has 2 amide bonds. The average Bonchev–Trinajstić information content (AvgIpc) is 3.06. The van der Waals surface area contributed by atoms with Gasteiger partial charge in [0.1, 0.15) is 0 Å². The molecule has 4 N–H and O–H groups in total. The zero-order chi connectivity index (χ0) is 17.5. The lowest BCUT2D eigenvalue weighted by Gasteiger charge is -2.33. The summed E-state index contributed by atoms with van der Waals surface area (Å²) in [5.41, 5.74) is 5.76. The highest BCUT2D eigenvalue weighted by Gasteiger charge is 2.24. The second-order valence-corrected chi connectivity index (χ2v) is 7.78. The van der Waals surface area contributed by atoms with Crippen molar-refractivity contribution in [3.63, 3.8) is 0 Å². The van der Waals surface area contributed by atoms with Gasteiger partial charge in [0, 0.05) is 25.7 Å². The Bertz CT molecular complexity index is 419. The molecule has 1 saturated heterocycles. The van der Waals surface area contributed by atoms with Crippen molar-refractivity contribution in [1.82, 2.24) is 15.5 Å². The zero-order valence-corrected chi connectivity index (χ0v) is 16.4. The van der Waals surface area contributed by atoms with Crippen LogP contribution in [0.1, 0.15) is 52.4 Å². The number of nitrogens with two attached hydrogens (primary N) is 1. The minimum atomic E-state index is -0.559. The summed E-state index contributed by atoms with van der Waals surface area (Å²) in [7, 11) is 0. The monoisotopic (exact) mass is 374 g/mol. The molecule has 0 aromatic carbocycles. The molecule has 1 aliphatic carbocycles. The molecule has 1 aliphatic heterocycles. The predicted octanol–water partition coefficient (Wildman–Crippen LogP) is 1.28. The molecule has 2 fully saturated rings. The highest BCUT2D eigenvalue weighted by atomic mass is 35.5. The molecule has 0 aromatic heterocycles. The first-order valence-electron chi connectivity index (χ1n) is 9.50. The molecular weight excluding hydrogens is 340 g/mol. The van der Waals surface area contributed by atoms with Crippen LogP contribution in [0.5, 0.6) is 0 Å². The van der Waals surface area contributed by atoms with Crippen molar-refractivity contribution >= 4 is 24.2 Å². The number of likely N-dealkylation sites (tertiary alicyclic amines) is 1. The van der Waals surface area contributed by atoms with Gasteiger partial charge in [0.05, 0.1) is 12.6 Å². The van der Waals surface area contributed by atoms with E-state index in [0.29, 0.717) is 0 Å². The SMILES string of the molecule is CC(C)[C@H](N)C(=O)NCC(=O)NC1CCN(CC2CCCC2)CC1.Cl. The van der Waals surface area contributed by atoms with E-state index in [1.54, 1.807) is 0 Å². The van der Waals surface area contributed by atoms with E-state index in [1.165, 1.54) is 32.2 Å². The maximum atomic E-state index is 12.0. The smallest absolute Gasteiger partial charge is 0.239 e. The number of halogens is 1. The van der Waals surface area contributed by atoms with Gasteiger partial charge in [0.2, 0.25) is 11.8 Å². The fourth-order valence-electron chi connectivity index (χ4n) is 3.68. The first kappa shape index (κ1) is 22.2. The topological polar surface area (TPSA) is 87.5 Å². The van der Waals surface area contributed by atoms with Crippen molar-refractivity contribution in [2.45, 2.75) is 64.5 Å². The molecule has 0 radical (unpaired) electrons. The van der Waals surface area contributed by atoms with Crippen molar-refractivity contribution in [3.05, 3.63) is 0 Å². The molecular formula is C18H35ClN4O2. The summed E-state index contributed by atoms with van der Waals surface area (Å²) >= 11 is 0. The molecule has 146 valence electrons. The van der Waals surface area contributed by atoms with E-state index in [1.807, 2.05) is 13.8 Å². The number of carbonyl (C=O) groups excluding carboxylic acids is 2. The standard InChI is InChI=1S/C18H34N4O2.ClH/c1-13(2)17(19)18(24)20-11-16(23)21-15-7-9-22(10-8-15)12-14-5-3-4-6-14;/h13-15,17H,3-12,19H2,1-2H3,(H,20,24)(H,21,23);1H/t17-;/m0./s1. The zero-order valence-electron chi connectivity index (χ0n) is 15.6. The van der Waals surface area contributed by atoms with E-state index in [0.717, 1.165) is 31.8 Å². The molecule has 0 aromatic rings. The average molecular weight is 375 g/mol. The third kappa shape index (κ3) is 7.50. The minimum absolute atomic E-state index is 0. The second-order valence-electron chi connectivity index (χ2n) is 7.78. The number of carbonyl (C=O) groups is 2. The van der Waals surface area contributed by atoms with E-state index in [2.05, 4.69) is 15.5 Å². The quantitative estimate of drug-likeness (QED) is 0.626. The third-order valence-electron chi connectivity index (χ3n) is 5.39. The summed E-state index contributed by atoms with van der Waals surface area (Å²) in [6, 6.07) is -0.329.